The minimum atomic E-state index is -0.452. The van der Waals surface area contributed by atoms with Crippen molar-refractivity contribution in [3.63, 3.8) is 0 Å². The van der Waals surface area contributed by atoms with Crippen molar-refractivity contribution in [2.45, 2.75) is 44.4 Å². The maximum atomic E-state index is 12.0. The van der Waals surface area contributed by atoms with Crippen LogP contribution in [0.3, 0.4) is 0 Å². The van der Waals surface area contributed by atoms with Gasteiger partial charge in [-0.3, -0.25) is 4.79 Å². The SMILES string of the molecule is NC(=O)c1sc2ccccc2c1OC1CC2(CC(NC(=O)OCc3ccccc3)C2)C1. The zero-order chi connectivity index (χ0) is 21.4. The molecule has 160 valence electrons. The number of hydrogen-bond donors (Lipinski definition) is 2. The summed E-state index contributed by atoms with van der Waals surface area (Å²) in [6.07, 6.45) is 3.41. The molecule has 31 heavy (non-hydrogen) atoms. The molecule has 0 bridgehead atoms. The fourth-order valence-electron chi connectivity index (χ4n) is 4.81. The van der Waals surface area contributed by atoms with Gasteiger partial charge in [0.2, 0.25) is 0 Å². The second kappa shape index (κ2) is 7.89. The first-order valence-electron chi connectivity index (χ1n) is 10.5. The van der Waals surface area contributed by atoms with Gasteiger partial charge in [0, 0.05) is 16.1 Å². The maximum absolute atomic E-state index is 12.0. The second-order valence-corrected chi connectivity index (χ2v) is 9.63. The van der Waals surface area contributed by atoms with Gasteiger partial charge in [-0.2, -0.15) is 0 Å². The molecule has 0 saturated heterocycles. The summed E-state index contributed by atoms with van der Waals surface area (Å²) in [7, 11) is 0. The fourth-order valence-corrected chi connectivity index (χ4v) is 5.80. The summed E-state index contributed by atoms with van der Waals surface area (Å²) in [5, 5.41) is 3.90. The first-order valence-corrected chi connectivity index (χ1v) is 11.3. The molecule has 1 aromatic heterocycles. The van der Waals surface area contributed by atoms with Gasteiger partial charge in [-0.1, -0.05) is 42.5 Å². The van der Waals surface area contributed by atoms with Crippen LogP contribution in [0.15, 0.2) is 54.6 Å². The average molecular weight is 437 g/mol. The van der Waals surface area contributed by atoms with Crippen molar-refractivity contribution in [2.24, 2.45) is 11.1 Å². The molecule has 0 aliphatic heterocycles. The van der Waals surface area contributed by atoms with Crippen molar-refractivity contribution >= 4 is 33.4 Å². The standard InChI is InChI=1S/C24H24N2O4S/c25-22(27)21-20(18-8-4-5-9-19(18)31-21)30-17-12-24(13-17)10-16(11-24)26-23(28)29-14-15-6-2-1-3-7-15/h1-9,16-17H,10-14H2,(H2,25,27)(H,26,28). The highest BCUT2D eigenvalue weighted by atomic mass is 32.1. The highest BCUT2D eigenvalue weighted by Gasteiger charge is 2.54. The Morgan fingerprint density at radius 2 is 1.74 bits per heavy atom. The van der Waals surface area contributed by atoms with Gasteiger partial charge in [0.05, 0.1) is 6.10 Å². The summed E-state index contributed by atoms with van der Waals surface area (Å²) in [5.41, 5.74) is 6.76. The summed E-state index contributed by atoms with van der Waals surface area (Å²) >= 11 is 1.38. The van der Waals surface area contributed by atoms with Gasteiger partial charge in [0.25, 0.3) is 5.91 Å². The van der Waals surface area contributed by atoms with Crippen molar-refractivity contribution in [3.8, 4) is 5.75 Å². The zero-order valence-electron chi connectivity index (χ0n) is 17.0. The Labute approximate surface area is 184 Å². The number of carbonyl (C=O) groups is 2. The van der Waals surface area contributed by atoms with Gasteiger partial charge in [0.1, 0.15) is 11.5 Å². The van der Waals surface area contributed by atoms with E-state index in [1.54, 1.807) is 0 Å². The van der Waals surface area contributed by atoms with Crippen LogP contribution in [0, 0.1) is 5.41 Å². The van der Waals surface area contributed by atoms with Crippen molar-refractivity contribution < 1.29 is 19.1 Å². The third-order valence-electron chi connectivity index (χ3n) is 6.27. The summed E-state index contributed by atoms with van der Waals surface area (Å²) < 4.78 is 12.5. The van der Waals surface area contributed by atoms with E-state index in [2.05, 4.69) is 5.32 Å². The highest BCUT2D eigenvalue weighted by molar-refractivity contribution is 7.21. The first kappa shape index (κ1) is 19.9. The van der Waals surface area contributed by atoms with Gasteiger partial charge in [0.15, 0.2) is 5.75 Å². The van der Waals surface area contributed by atoms with E-state index in [1.807, 2.05) is 54.6 Å². The number of ether oxygens (including phenoxy) is 2. The number of nitrogens with one attached hydrogen (secondary N) is 1. The Bertz CT molecular complexity index is 1110. The van der Waals surface area contributed by atoms with E-state index in [1.165, 1.54) is 11.3 Å². The normalized spacial score (nSPS) is 24.3. The van der Waals surface area contributed by atoms with Crippen LogP contribution in [-0.2, 0) is 11.3 Å². The molecule has 2 amide bonds. The molecule has 0 radical (unpaired) electrons. The average Bonchev–Trinajstić information content (AvgIpc) is 3.09. The van der Waals surface area contributed by atoms with Crippen LogP contribution in [0.1, 0.15) is 40.9 Å². The quantitative estimate of drug-likeness (QED) is 0.590. The van der Waals surface area contributed by atoms with Crippen LogP contribution in [0.2, 0.25) is 0 Å². The van der Waals surface area contributed by atoms with E-state index < -0.39 is 5.91 Å². The predicted octanol–water partition coefficient (Wildman–Crippen LogP) is 4.62. The van der Waals surface area contributed by atoms with Gasteiger partial charge in [-0.15, -0.1) is 11.3 Å². The Kier molecular flexibility index (Phi) is 5.06. The van der Waals surface area contributed by atoms with Crippen LogP contribution in [-0.4, -0.2) is 24.1 Å². The molecule has 0 atom stereocenters. The molecule has 2 fully saturated rings. The number of rotatable bonds is 6. The van der Waals surface area contributed by atoms with E-state index in [9.17, 15) is 9.59 Å². The number of thiophene rings is 1. The largest absolute Gasteiger partial charge is 0.488 e. The number of nitrogens with two attached hydrogens (primary N) is 1. The third-order valence-corrected chi connectivity index (χ3v) is 7.44. The van der Waals surface area contributed by atoms with Crippen molar-refractivity contribution in [2.75, 3.05) is 0 Å². The minimum absolute atomic E-state index is 0.0714. The van der Waals surface area contributed by atoms with Gasteiger partial charge < -0.3 is 20.5 Å². The van der Waals surface area contributed by atoms with E-state index >= 15 is 0 Å². The van der Waals surface area contributed by atoms with E-state index in [-0.39, 0.29) is 30.3 Å². The fraction of sp³-hybridized carbons (Fsp3) is 0.333. The van der Waals surface area contributed by atoms with Crippen molar-refractivity contribution in [3.05, 3.63) is 65.0 Å². The third kappa shape index (κ3) is 3.97. The number of hydrogen-bond acceptors (Lipinski definition) is 5. The van der Waals surface area contributed by atoms with Crippen LogP contribution >= 0.6 is 11.3 Å². The molecule has 2 saturated carbocycles. The number of carbonyl (C=O) groups excluding carboxylic acids is 2. The molecule has 2 aliphatic rings. The topological polar surface area (TPSA) is 90.7 Å². The Morgan fingerprint density at radius 1 is 1.03 bits per heavy atom. The molecule has 1 spiro atoms. The van der Waals surface area contributed by atoms with Crippen molar-refractivity contribution in [1.82, 2.24) is 5.32 Å². The summed E-state index contributed by atoms with van der Waals surface area (Å²) in [6, 6.07) is 17.6. The smallest absolute Gasteiger partial charge is 0.407 e. The highest BCUT2D eigenvalue weighted by Crippen LogP contribution is 2.57. The molecule has 7 heteroatoms. The number of primary amides is 1. The second-order valence-electron chi connectivity index (χ2n) is 8.58. The van der Waals surface area contributed by atoms with Crippen LogP contribution < -0.4 is 15.8 Å². The molecular weight excluding hydrogens is 412 g/mol. The summed E-state index contributed by atoms with van der Waals surface area (Å²) in [5.74, 6) is 0.165. The van der Waals surface area contributed by atoms with Gasteiger partial charge in [-0.25, -0.2) is 4.79 Å². The van der Waals surface area contributed by atoms with Crippen LogP contribution in [0.25, 0.3) is 10.1 Å². The minimum Gasteiger partial charge on any atom is -0.488 e. The lowest BCUT2D eigenvalue weighted by Gasteiger charge is -2.57. The van der Waals surface area contributed by atoms with Crippen LogP contribution in [0.4, 0.5) is 4.79 Å². The van der Waals surface area contributed by atoms with E-state index in [0.717, 1.165) is 41.3 Å². The lowest BCUT2D eigenvalue weighted by Crippen LogP contribution is -2.58. The number of fused-ring (bicyclic) bond motifs is 1. The van der Waals surface area contributed by atoms with Crippen molar-refractivity contribution in [1.29, 1.82) is 0 Å². The molecule has 5 rings (SSSR count). The molecule has 1 heterocycles. The first-order chi connectivity index (χ1) is 15.0. The number of alkyl carbamates (subject to hydrolysis) is 1. The summed E-state index contributed by atoms with van der Waals surface area (Å²) in [6.45, 7) is 0.275. The molecule has 6 nitrogen and oxygen atoms in total. The molecule has 2 aromatic carbocycles. The molecule has 3 aromatic rings. The predicted molar refractivity (Wildman–Crippen MR) is 119 cm³/mol. The number of benzene rings is 2. The lowest BCUT2D eigenvalue weighted by molar-refractivity contribution is -0.0838. The van der Waals surface area contributed by atoms with Gasteiger partial charge >= 0.3 is 6.09 Å². The van der Waals surface area contributed by atoms with E-state index in [0.29, 0.717) is 10.6 Å². The van der Waals surface area contributed by atoms with Crippen LogP contribution in [0.5, 0.6) is 5.75 Å². The van der Waals surface area contributed by atoms with Gasteiger partial charge in [-0.05, 0) is 48.8 Å². The van der Waals surface area contributed by atoms with E-state index in [4.69, 9.17) is 15.2 Å². The Morgan fingerprint density at radius 3 is 2.48 bits per heavy atom. The zero-order valence-corrected chi connectivity index (χ0v) is 17.8. The lowest BCUT2D eigenvalue weighted by atomic mass is 9.53. The number of amides is 2. The monoisotopic (exact) mass is 436 g/mol. The maximum Gasteiger partial charge on any atom is 0.407 e. The molecular formula is C24H24N2O4S. The molecule has 2 aliphatic carbocycles. The molecule has 0 unspecified atom stereocenters. The summed E-state index contributed by atoms with van der Waals surface area (Å²) in [4.78, 5) is 24.4. The Balaban J connectivity index is 1.11. The Hall–Kier alpha value is -3.06. The molecule has 3 N–H and O–H groups in total.